The zero-order valence-electron chi connectivity index (χ0n) is 10.5. The number of unbranched alkanes of at least 4 members (excludes halogenated alkanes) is 1. The molecular weight excluding hydrogens is 256 g/mol. The lowest BCUT2D eigenvalue weighted by Gasteiger charge is -2.13. The standard InChI is InChI=1S/C11H18N2O4S/c1-3-4-5-10(11(14)15)12-18(16,17)9-6-7-13(2)8-9/h6-8,10,12H,3-5H2,1-2H3,(H,14,15). The Morgan fingerprint density at radius 2 is 2.22 bits per heavy atom. The summed E-state index contributed by atoms with van der Waals surface area (Å²) in [6.45, 7) is 1.92. The monoisotopic (exact) mass is 274 g/mol. The van der Waals surface area contributed by atoms with Gasteiger partial charge in [0.1, 0.15) is 6.04 Å². The molecule has 1 heterocycles. The lowest BCUT2D eigenvalue weighted by Crippen LogP contribution is -2.40. The molecule has 1 rings (SSSR count). The van der Waals surface area contributed by atoms with Crippen LogP contribution in [0.3, 0.4) is 0 Å². The molecule has 0 amide bonds. The molecule has 6 nitrogen and oxygen atoms in total. The maximum atomic E-state index is 11.9. The van der Waals surface area contributed by atoms with Gasteiger partial charge in [0.2, 0.25) is 10.0 Å². The van der Waals surface area contributed by atoms with E-state index < -0.39 is 22.0 Å². The molecule has 2 N–H and O–H groups in total. The van der Waals surface area contributed by atoms with Crippen LogP contribution in [0.15, 0.2) is 23.4 Å². The Balaban J connectivity index is 2.82. The SMILES string of the molecule is CCCCC(NS(=O)(=O)c1ccn(C)c1)C(=O)O. The van der Waals surface area contributed by atoms with Crippen molar-refractivity contribution in [2.24, 2.45) is 7.05 Å². The van der Waals surface area contributed by atoms with Gasteiger partial charge in [-0.3, -0.25) is 4.79 Å². The molecule has 0 bridgehead atoms. The molecule has 7 heteroatoms. The lowest BCUT2D eigenvalue weighted by atomic mass is 10.1. The zero-order chi connectivity index (χ0) is 13.8. The summed E-state index contributed by atoms with van der Waals surface area (Å²) in [4.78, 5) is 11.1. The topological polar surface area (TPSA) is 88.4 Å². The third-order valence-corrected chi connectivity index (χ3v) is 4.01. The van der Waals surface area contributed by atoms with Crippen molar-refractivity contribution in [2.75, 3.05) is 0 Å². The number of aromatic nitrogens is 1. The van der Waals surface area contributed by atoms with E-state index in [-0.39, 0.29) is 11.3 Å². The van der Waals surface area contributed by atoms with Crippen LogP contribution in [0.5, 0.6) is 0 Å². The summed E-state index contributed by atoms with van der Waals surface area (Å²) in [5.41, 5.74) is 0. The van der Waals surface area contributed by atoms with E-state index in [1.807, 2.05) is 6.92 Å². The number of hydrogen-bond acceptors (Lipinski definition) is 3. The minimum Gasteiger partial charge on any atom is -0.480 e. The number of carbonyl (C=O) groups is 1. The maximum Gasteiger partial charge on any atom is 0.321 e. The van der Waals surface area contributed by atoms with Crippen LogP contribution in [0.1, 0.15) is 26.2 Å². The quantitative estimate of drug-likeness (QED) is 0.774. The van der Waals surface area contributed by atoms with Crippen molar-refractivity contribution in [3.8, 4) is 0 Å². The smallest absolute Gasteiger partial charge is 0.321 e. The van der Waals surface area contributed by atoms with Crippen LogP contribution in [0, 0.1) is 0 Å². The fourth-order valence-electron chi connectivity index (χ4n) is 1.53. The van der Waals surface area contributed by atoms with Gasteiger partial charge in [0.25, 0.3) is 0 Å². The largest absolute Gasteiger partial charge is 0.480 e. The van der Waals surface area contributed by atoms with E-state index in [0.717, 1.165) is 6.42 Å². The minimum absolute atomic E-state index is 0.0766. The Labute approximate surface area is 107 Å². The van der Waals surface area contributed by atoms with Crippen LogP contribution in [0.4, 0.5) is 0 Å². The Kier molecular flexibility index (Phi) is 4.92. The number of sulfonamides is 1. The molecule has 0 spiro atoms. The van der Waals surface area contributed by atoms with Gasteiger partial charge >= 0.3 is 5.97 Å². The number of aryl methyl sites for hydroxylation is 1. The van der Waals surface area contributed by atoms with Gasteiger partial charge in [0.15, 0.2) is 0 Å². The van der Waals surface area contributed by atoms with Crippen molar-refractivity contribution < 1.29 is 18.3 Å². The summed E-state index contributed by atoms with van der Waals surface area (Å²) in [5.74, 6) is -1.15. The second kappa shape index (κ2) is 6.01. The molecule has 0 aliphatic rings. The van der Waals surface area contributed by atoms with Crippen molar-refractivity contribution in [1.29, 1.82) is 0 Å². The van der Waals surface area contributed by atoms with Gasteiger partial charge in [-0.15, -0.1) is 0 Å². The summed E-state index contributed by atoms with van der Waals surface area (Å²) in [6, 6.07) is 0.358. The number of carboxylic acids is 1. The number of nitrogens with zero attached hydrogens (tertiary/aromatic N) is 1. The molecule has 0 aliphatic carbocycles. The van der Waals surface area contributed by atoms with Gasteiger partial charge in [-0.1, -0.05) is 19.8 Å². The molecule has 0 saturated carbocycles. The van der Waals surface area contributed by atoms with Gasteiger partial charge in [0, 0.05) is 19.4 Å². The highest BCUT2D eigenvalue weighted by molar-refractivity contribution is 7.89. The van der Waals surface area contributed by atoms with Crippen molar-refractivity contribution in [3.63, 3.8) is 0 Å². The molecule has 0 aromatic carbocycles. The molecule has 0 aliphatic heterocycles. The van der Waals surface area contributed by atoms with E-state index in [1.54, 1.807) is 17.8 Å². The number of nitrogens with one attached hydrogen (secondary N) is 1. The average molecular weight is 274 g/mol. The third kappa shape index (κ3) is 3.85. The first-order valence-corrected chi connectivity index (χ1v) is 7.22. The van der Waals surface area contributed by atoms with E-state index in [1.165, 1.54) is 12.3 Å². The van der Waals surface area contributed by atoms with Gasteiger partial charge in [-0.2, -0.15) is 4.72 Å². The first-order chi connectivity index (χ1) is 8.36. The summed E-state index contributed by atoms with van der Waals surface area (Å²) in [6.07, 6.45) is 4.79. The van der Waals surface area contributed by atoms with E-state index in [4.69, 9.17) is 5.11 Å². The second-order valence-corrected chi connectivity index (χ2v) is 5.88. The molecule has 1 aromatic rings. The maximum absolute atomic E-state index is 11.9. The van der Waals surface area contributed by atoms with Crippen LogP contribution in [-0.4, -0.2) is 30.1 Å². The first kappa shape index (κ1) is 14.7. The molecule has 0 saturated heterocycles. The minimum atomic E-state index is -3.77. The fourth-order valence-corrected chi connectivity index (χ4v) is 2.81. The van der Waals surface area contributed by atoms with E-state index in [0.29, 0.717) is 6.42 Å². The molecule has 0 radical (unpaired) electrons. The Hall–Kier alpha value is -1.34. The van der Waals surface area contributed by atoms with Crippen LogP contribution in [-0.2, 0) is 21.9 Å². The normalized spacial score (nSPS) is 13.4. The van der Waals surface area contributed by atoms with E-state index in [2.05, 4.69) is 4.72 Å². The van der Waals surface area contributed by atoms with Gasteiger partial charge < -0.3 is 9.67 Å². The fraction of sp³-hybridized carbons (Fsp3) is 0.545. The third-order valence-electron chi connectivity index (χ3n) is 2.56. The number of carboxylic acid groups (broad SMARTS) is 1. The van der Waals surface area contributed by atoms with E-state index >= 15 is 0 Å². The highest BCUT2D eigenvalue weighted by Crippen LogP contribution is 2.11. The molecule has 0 fully saturated rings. The number of rotatable bonds is 7. The first-order valence-electron chi connectivity index (χ1n) is 5.74. The van der Waals surface area contributed by atoms with Crippen LogP contribution < -0.4 is 4.72 Å². The molecule has 1 atom stereocenters. The Morgan fingerprint density at radius 1 is 1.56 bits per heavy atom. The summed E-state index contributed by atoms with van der Waals surface area (Å²) in [7, 11) is -2.07. The van der Waals surface area contributed by atoms with E-state index in [9.17, 15) is 13.2 Å². The van der Waals surface area contributed by atoms with Crippen molar-refractivity contribution in [2.45, 2.75) is 37.1 Å². The molecule has 18 heavy (non-hydrogen) atoms. The van der Waals surface area contributed by atoms with Gasteiger partial charge in [-0.25, -0.2) is 8.42 Å². The zero-order valence-corrected chi connectivity index (χ0v) is 11.3. The number of aliphatic carboxylic acids is 1. The van der Waals surface area contributed by atoms with Gasteiger partial charge in [-0.05, 0) is 12.5 Å². The number of hydrogen-bond donors (Lipinski definition) is 2. The summed E-state index contributed by atoms with van der Waals surface area (Å²) < 4.78 is 27.7. The molecule has 102 valence electrons. The Bertz CT molecular complexity index is 507. The molecular formula is C11H18N2O4S. The highest BCUT2D eigenvalue weighted by Gasteiger charge is 2.25. The lowest BCUT2D eigenvalue weighted by molar-refractivity contribution is -0.139. The summed E-state index contributed by atoms with van der Waals surface area (Å²) in [5, 5.41) is 8.98. The predicted octanol–water partition coefficient (Wildman–Crippen LogP) is 0.947. The molecule has 1 unspecified atom stereocenters. The Morgan fingerprint density at radius 3 is 2.67 bits per heavy atom. The van der Waals surface area contributed by atoms with Crippen molar-refractivity contribution in [1.82, 2.24) is 9.29 Å². The highest BCUT2D eigenvalue weighted by atomic mass is 32.2. The summed E-state index contributed by atoms with van der Waals surface area (Å²) >= 11 is 0. The second-order valence-electron chi connectivity index (χ2n) is 4.17. The van der Waals surface area contributed by atoms with Crippen LogP contribution in [0.25, 0.3) is 0 Å². The average Bonchev–Trinajstić information content (AvgIpc) is 2.71. The van der Waals surface area contributed by atoms with Crippen LogP contribution in [0.2, 0.25) is 0 Å². The van der Waals surface area contributed by atoms with Crippen molar-refractivity contribution in [3.05, 3.63) is 18.5 Å². The van der Waals surface area contributed by atoms with Crippen molar-refractivity contribution >= 4 is 16.0 Å². The van der Waals surface area contributed by atoms with Gasteiger partial charge in [0.05, 0.1) is 4.90 Å². The van der Waals surface area contributed by atoms with Crippen LogP contribution >= 0.6 is 0 Å². The molecule has 1 aromatic heterocycles. The predicted molar refractivity (Wildman–Crippen MR) is 66.7 cm³/mol.